The van der Waals surface area contributed by atoms with Gasteiger partial charge >= 0.3 is 0 Å². The van der Waals surface area contributed by atoms with Crippen LogP contribution in [0, 0.1) is 11.3 Å². The lowest BCUT2D eigenvalue weighted by atomic mass is 9.53. The first-order valence-corrected chi connectivity index (χ1v) is 11.8. The maximum atomic E-state index is 11.7. The normalized spacial score (nSPS) is 33.9. The molecule has 4 heterocycles. The van der Waals surface area contributed by atoms with Gasteiger partial charge in [0.05, 0.1) is 30.4 Å². The van der Waals surface area contributed by atoms with Crippen LogP contribution in [0.25, 0.3) is 11.3 Å². The largest absolute Gasteiger partial charge is 0.392 e. The maximum absolute atomic E-state index is 11.7. The van der Waals surface area contributed by atoms with E-state index in [1.54, 1.807) is 6.92 Å². The first-order chi connectivity index (χ1) is 15.0. The molecule has 4 fully saturated rings. The van der Waals surface area contributed by atoms with Crippen LogP contribution in [0.3, 0.4) is 0 Å². The summed E-state index contributed by atoms with van der Waals surface area (Å²) in [5.74, 6) is 0.788. The Labute approximate surface area is 183 Å². The molecule has 6 heteroatoms. The Bertz CT molecular complexity index is 985. The van der Waals surface area contributed by atoms with Crippen molar-refractivity contribution in [3.05, 3.63) is 42.4 Å². The lowest BCUT2D eigenvalue weighted by Gasteiger charge is -2.63. The highest BCUT2D eigenvalue weighted by Gasteiger charge is 2.57. The van der Waals surface area contributed by atoms with E-state index in [0.29, 0.717) is 12.1 Å². The van der Waals surface area contributed by atoms with Gasteiger partial charge in [0.25, 0.3) is 0 Å². The van der Waals surface area contributed by atoms with E-state index in [2.05, 4.69) is 44.0 Å². The monoisotopic (exact) mass is 420 g/mol. The highest BCUT2D eigenvalue weighted by Crippen LogP contribution is 2.59. The van der Waals surface area contributed by atoms with Crippen molar-refractivity contribution in [2.75, 3.05) is 13.1 Å². The standard InChI is InChI=1S/C25H32N4O2/c1-16(30)27-6-7-28-18-8-17-9-19(28)13-25(11-17,12-18)24(31)10-22-20-4-2-3-5-21(20)23-14-26-15-29(22)23/h2-5,14-15,17-19,22,24,31H,6-13H2,1H3,(H,27,30). The number of imidazole rings is 1. The number of aliphatic hydroxyl groups excluding tert-OH is 1. The number of fused-ring (bicyclic) bond motifs is 3. The summed E-state index contributed by atoms with van der Waals surface area (Å²) >= 11 is 0. The summed E-state index contributed by atoms with van der Waals surface area (Å²) in [7, 11) is 0. The fraction of sp³-hybridized carbons (Fsp3) is 0.600. The predicted molar refractivity (Wildman–Crippen MR) is 118 cm³/mol. The van der Waals surface area contributed by atoms with Crippen molar-refractivity contribution in [2.24, 2.45) is 11.3 Å². The van der Waals surface area contributed by atoms with Gasteiger partial charge in [-0.2, -0.15) is 0 Å². The van der Waals surface area contributed by atoms with Gasteiger partial charge in [-0.05, 0) is 55.4 Å². The molecule has 1 amide bonds. The zero-order valence-corrected chi connectivity index (χ0v) is 18.2. The van der Waals surface area contributed by atoms with E-state index >= 15 is 0 Å². The van der Waals surface area contributed by atoms with Crippen LogP contribution in [0.1, 0.15) is 57.1 Å². The minimum atomic E-state index is -0.301. The molecule has 7 rings (SSSR count). The lowest BCUT2D eigenvalue weighted by molar-refractivity contribution is -0.155. The van der Waals surface area contributed by atoms with E-state index in [0.717, 1.165) is 38.3 Å². The second kappa shape index (κ2) is 7.17. The predicted octanol–water partition coefficient (Wildman–Crippen LogP) is 2.97. The minimum absolute atomic E-state index is 0.0410. The third-order valence-corrected chi connectivity index (χ3v) is 8.62. The number of hydrogen-bond donors (Lipinski definition) is 2. The SMILES string of the molecule is CC(=O)NCCN1C2CC3CC1CC(C(O)CC1c4ccccc4-c4cncn41)(C3)C2. The average Bonchev–Trinajstić information content (AvgIpc) is 3.32. The van der Waals surface area contributed by atoms with Crippen molar-refractivity contribution < 1.29 is 9.90 Å². The van der Waals surface area contributed by atoms with E-state index in [4.69, 9.17) is 0 Å². The Morgan fingerprint density at radius 1 is 1.26 bits per heavy atom. The smallest absolute Gasteiger partial charge is 0.216 e. The van der Waals surface area contributed by atoms with Crippen molar-refractivity contribution in [3.8, 4) is 11.3 Å². The van der Waals surface area contributed by atoms with Crippen LogP contribution in [0.4, 0.5) is 0 Å². The molecular weight excluding hydrogens is 388 g/mol. The van der Waals surface area contributed by atoms with E-state index in [1.165, 1.54) is 36.1 Å². The summed E-state index contributed by atoms with van der Waals surface area (Å²) in [5.41, 5.74) is 3.79. The zero-order chi connectivity index (χ0) is 21.2. The zero-order valence-electron chi connectivity index (χ0n) is 18.2. The van der Waals surface area contributed by atoms with Crippen molar-refractivity contribution in [2.45, 2.75) is 69.7 Å². The molecule has 6 nitrogen and oxygen atoms in total. The minimum Gasteiger partial charge on any atom is -0.392 e. The molecule has 2 saturated carbocycles. The molecule has 31 heavy (non-hydrogen) atoms. The van der Waals surface area contributed by atoms with Crippen LogP contribution in [0.15, 0.2) is 36.8 Å². The molecule has 0 radical (unpaired) electrons. The first-order valence-electron chi connectivity index (χ1n) is 11.8. The summed E-state index contributed by atoms with van der Waals surface area (Å²) in [4.78, 5) is 18.3. The quantitative estimate of drug-likeness (QED) is 0.754. The summed E-state index contributed by atoms with van der Waals surface area (Å²) in [5, 5.41) is 14.7. The van der Waals surface area contributed by atoms with Gasteiger partial charge in [0.15, 0.2) is 0 Å². The van der Waals surface area contributed by atoms with Gasteiger partial charge in [-0.3, -0.25) is 9.69 Å². The Morgan fingerprint density at radius 2 is 2.03 bits per heavy atom. The fourth-order valence-electron chi connectivity index (χ4n) is 7.53. The molecule has 3 aliphatic heterocycles. The highest BCUT2D eigenvalue weighted by atomic mass is 16.3. The molecule has 2 saturated heterocycles. The Balaban J connectivity index is 1.21. The summed E-state index contributed by atoms with van der Waals surface area (Å²) in [6.45, 7) is 3.25. The van der Waals surface area contributed by atoms with Crippen molar-refractivity contribution >= 4 is 5.91 Å². The number of amides is 1. The lowest BCUT2D eigenvalue weighted by Crippen LogP contribution is -2.65. The van der Waals surface area contributed by atoms with Gasteiger partial charge in [0.1, 0.15) is 0 Å². The molecule has 4 atom stereocenters. The number of carbonyl (C=O) groups is 1. The van der Waals surface area contributed by atoms with E-state index in [9.17, 15) is 9.90 Å². The molecular formula is C25H32N4O2. The second-order valence-electron chi connectivity index (χ2n) is 10.4. The molecule has 0 spiro atoms. The third kappa shape index (κ3) is 3.06. The van der Waals surface area contributed by atoms with E-state index in [1.807, 2.05) is 12.5 Å². The van der Waals surface area contributed by atoms with Gasteiger partial charge in [-0.15, -0.1) is 0 Å². The third-order valence-electron chi connectivity index (χ3n) is 8.62. The molecule has 1 aromatic heterocycles. The topological polar surface area (TPSA) is 70.4 Å². The summed E-state index contributed by atoms with van der Waals surface area (Å²) in [6.07, 6.45) is 10.2. The van der Waals surface area contributed by atoms with Crippen molar-refractivity contribution in [1.29, 1.82) is 0 Å². The van der Waals surface area contributed by atoms with E-state index in [-0.39, 0.29) is 23.5 Å². The molecule has 5 aliphatic rings. The molecule has 2 N–H and O–H groups in total. The highest BCUT2D eigenvalue weighted by molar-refractivity contribution is 5.72. The Morgan fingerprint density at radius 3 is 2.81 bits per heavy atom. The average molecular weight is 421 g/mol. The Hall–Kier alpha value is -2.18. The summed E-state index contributed by atoms with van der Waals surface area (Å²) < 4.78 is 2.26. The van der Waals surface area contributed by atoms with Crippen LogP contribution >= 0.6 is 0 Å². The number of aliphatic hydroxyl groups is 1. The van der Waals surface area contributed by atoms with Gasteiger partial charge in [0, 0.05) is 37.7 Å². The molecule has 164 valence electrons. The van der Waals surface area contributed by atoms with Gasteiger partial charge in [-0.25, -0.2) is 4.98 Å². The van der Waals surface area contributed by atoms with Crippen LogP contribution < -0.4 is 5.32 Å². The van der Waals surface area contributed by atoms with Crippen LogP contribution in [-0.4, -0.2) is 56.7 Å². The van der Waals surface area contributed by atoms with Crippen LogP contribution in [0.5, 0.6) is 0 Å². The van der Waals surface area contributed by atoms with Crippen molar-refractivity contribution in [1.82, 2.24) is 19.8 Å². The number of benzene rings is 1. The number of rotatable bonds is 6. The number of carbonyl (C=O) groups excluding carboxylic acids is 1. The number of hydrogen-bond acceptors (Lipinski definition) is 4. The number of nitrogens with zero attached hydrogens (tertiary/aromatic N) is 3. The molecule has 2 aliphatic carbocycles. The molecule has 4 bridgehead atoms. The first kappa shape index (κ1) is 19.5. The van der Waals surface area contributed by atoms with Gasteiger partial charge in [-0.1, -0.05) is 24.3 Å². The van der Waals surface area contributed by atoms with Crippen LogP contribution in [-0.2, 0) is 4.79 Å². The number of piperidine rings is 2. The van der Waals surface area contributed by atoms with Gasteiger partial charge < -0.3 is 15.0 Å². The number of nitrogens with one attached hydrogen (secondary N) is 1. The Kier molecular flexibility index (Phi) is 4.51. The van der Waals surface area contributed by atoms with E-state index < -0.39 is 0 Å². The molecule has 4 unspecified atom stereocenters. The van der Waals surface area contributed by atoms with Crippen LogP contribution in [0.2, 0.25) is 0 Å². The number of aromatic nitrogens is 2. The maximum Gasteiger partial charge on any atom is 0.216 e. The van der Waals surface area contributed by atoms with Gasteiger partial charge in [0.2, 0.25) is 5.91 Å². The summed E-state index contributed by atoms with van der Waals surface area (Å²) in [6, 6.07) is 9.85. The molecule has 1 aromatic carbocycles. The fourth-order valence-corrected chi connectivity index (χ4v) is 7.53. The van der Waals surface area contributed by atoms with Crippen molar-refractivity contribution in [3.63, 3.8) is 0 Å². The second-order valence-corrected chi connectivity index (χ2v) is 10.4. The molecule has 2 aromatic rings.